The van der Waals surface area contributed by atoms with Gasteiger partial charge in [-0.3, -0.25) is 4.79 Å². The van der Waals surface area contributed by atoms with Crippen molar-refractivity contribution in [2.24, 2.45) is 0 Å². The number of ether oxygens (including phenoxy) is 1. The molecular formula is C16H17ClN2O2. The van der Waals surface area contributed by atoms with Crippen molar-refractivity contribution >= 4 is 28.9 Å². The second-order valence-electron chi connectivity index (χ2n) is 4.54. The van der Waals surface area contributed by atoms with Gasteiger partial charge in [0.2, 0.25) is 5.91 Å². The van der Waals surface area contributed by atoms with Crippen LogP contribution in [-0.2, 0) is 11.2 Å². The van der Waals surface area contributed by atoms with Gasteiger partial charge < -0.3 is 15.8 Å². The predicted octanol–water partition coefficient (Wildman–Crippen LogP) is 3.50. The Morgan fingerprint density at radius 3 is 2.57 bits per heavy atom. The quantitative estimate of drug-likeness (QED) is 0.831. The topological polar surface area (TPSA) is 64.3 Å². The Bertz CT molecular complexity index is 627. The summed E-state index contributed by atoms with van der Waals surface area (Å²) in [4.78, 5) is 12.0. The molecule has 0 unspecified atom stereocenters. The molecule has 4 nitrogen and oxygen atoms in total. The molecule has 5 heteroatoms. The second-order valence-corrected chi connectivity index (χ2v) is 4.95. The number of anilines is 2. The number of nitrogens with two attached hydrogens (primary N) is 1. The highest BCUT2D eigenvalue weighted by Crippen LogP contribution is 2.24. The minimum atomic E-state index is -0.133. The van der Waals surface area contributed by atoms with Crippen molar-refractivity contribution in [2.45, 2.75) is 13.3 Å². The van der Waals surface area contributed by atoms with Gasteiger partial charge in [0.1, 0.15) is 5.75 Å². The van der Waals surface area contributed by atoms with E-state index in [0.29, 0.717) is 23.0 Å². The largest absolute Gasteiger partial charge is 0.494 e. The lowest BCUT2D eigenvalue weighted by Crippen LogP contribution is -2.14. The number of hydrogen-bond acceptors (Lipinski definition) is 3. The van der Waals surface area contributed by atoms with E-state index in [2.05, 4.69) is 5.32 Å². The molecule has 0 fully saturated rings. The molecule has 0 aliphatic rings. The maximum atomic E-state index is 12.0. The number of carbonyl (C=O) groups excluding carboxylic acids is 1. The monoisotopic (exact) mass is 304 g/mol. The Hall–Kier alpha value is -2.20. The fraction of sp³-hybridized carbons (Fsp3) is 0.188. The molecular weight excluding hydrogens is 288 g/mol. The van der Waals surface area contributed by atoms with Gasteiger partial charge in [0.25, 0.3) is 0 Å². The third-order valence-electron chi connectivity index (χ3n) is 2.87. The summed E-state index contributed by atoms with van der Waals surface area (Å²) in [5.74, 6) is 0.661. The van der Waals surface area contributed by atoms with E-state index in [1.54, 1.807) is 18.2 Å². The third-order valence-corrected chi connectivity index (χ3v) is 3.18. The Labute approximate surface area is 128 Å². The van der Waals surface area contributed by atoms with Crippen LogP contribution < -0.4 is 15.8 Å². The van der Waals surface area contributed by atoms with Gasteiger partial charge >= 0.3 is 0 Å². The third kappa shape index (κ3) is 4.39. The molecule has 0 saturated carbocycles. The Balaban J connectivity index is 1.98. The molecule has 0 saturated heterocycles. The first-order chi connectivity index (χ1) is 10.1. The van der Waals surface area contributed by atoms with Crippen LogP contribution in [0, 0.1) is 0 Å². The molecule has 0 aliphatic carbocycles. The number of halogens is 1. The molecule has 110 valence electrons. The number of nitrogen functional groups attached to an aromatic ring is 1. The van der Waals surface area contributed by atoms with Gasteiger partial charge in [-0.25, -0.2) is 0 Å². The Morgan fingerprint density at radius 1 is 1.24 bits per heavy atom. The summed E-state index contributed by atoms with van der Waals surface area (Å²) in [6.07, 6.45) is 0.271. The van der Waals surface area contributed by atoms with E-state index in [9.17, 15) is 4.79 Å². The van der Waals surface area contributed by atoms with Crippen LogP contribution in [0.15, 0.2) is 42.5 Å². The van der Waals surface area contributed by atoms with E-state index in [0.717, 1.165) is 11.3 Å². The van der Waals surface area contributed by atoms with Crippen LogP contribution in [0.5, 0.6) is 5.75 Å². The molecule has 3 N–H and O–H groups in total. The molecule has 2 aromatic rings. The van der Waals surface area contributed by atoms with Gasteiger partial charge in [0, 0.05) is 5.69 Å². The maximum Gasteiger partial charge on any atom is 0.228 e. The van der Waals surface area contributed by atoms with Crippen molar-refractivity contribution in [1.82, 2.24) is 0 Å². The van der Waals surface area contributed by atoms with Gasteiger partial charge in [-0.1, -0.05) is 23.7 Å². The zero-order valence-electron chi connectivity index (χ0n) is 11.7. The summed E-state index contributed by atoms with van der Waals surface area (Å²) < 4.78 is 5.36. The zero-order valence-corrected chi connectivity index (χ0v) is 12.5. The lowest BCUT2D eigenvalue weighted by Gasteiger charge is -2.08. The summed E-state index contributed by atoms with van der Waals surface area (Å²) in [5.41, 5.74) is 7.63. The lowest BCUT2D eigenvalue weighted by molar-refractivity contribution is -0.115. The van der Waals surface area contributed by atoms with Crippen LogP contribution >= 0.6 is 11.6 Å². The van der Waals surface area contributed by atoms with Crippen molar-refractivity contribution in [3.63, 3.8) is 0 Å². The fourth-order valence-corrected chi connectivity index (χ4v) is 2.12. The number of benzene rings is 2. The average Bonchev–Trinajstić information content (AvgIpc) is 2.44. The minimum Gasteiger partial charge on any atom is -0.494 e. The lowest BCUT2D eigenvalue weighted by atomic mass is 10.1. The van der Waals surface area contributed by atoms with E-state index in [1.165, 1.54) is 0 Å². The smallest absolute Gasteiger partial charge is 0.228 e. The highest BCUT2D eigenvalue weighted by Gasteiger charge is 2.07. The van der Waals surface area contributed by atoms with Crippen LogP contribution in [0.1, 0.15) is 12.5 Å². The van der Waals surface area contributed by atoms with Crippen LogP contribution in [0.25, 0.3) is 0 Å². The van der Waals surface area contributed by atoms with Crippen LogP contribution in [0.2, 0.25) is 5.02 Å². The second kappa shape index (κ2) is 6.99. The molecule has 0 radical (unpaired) electrons. The molecule has 0 aliphatic heterocycles. The highest BCUT2D eigenvalue weighted by molar-refractivity contribution is 6.34. The molecule has 1 amide bonds. The molecule has 0 aromatic heterocycles. The van der Waals surface area contributed by atoms with Crippen LogP contribution in [-0.4, -0.2) is 12.5 Å². The molecule has 2 aromatic carbocycles. The first-order valence-corrected chi connectivity index (χ1v) is 7.03. The van der Waals surface area contributed by atoms with Gasteiger partial charge in [-0.2, -0.15) is 0 Å². The fourth-order valence-electron chi connectivity index (χ4n) is 1.88. The number of hydrogen-bond donors (Lipinski definition) is 2. The maximum absolute atomic E-state index is 12.0. The molecule has 0 spiro atoms. The Kier molecular flexibility index (Phi) is 5.06. The van der Waals surface area contributed by atoms with E-state index in [1.807, 2.05) is 31.2 Å². The van der Waals surface area contributed by atoms with Crippen molar-refractivity contribution in [1.29, 1.82) is 0 Å². The number of amides is 1. The molecule has 0 heterocycles. The van der Waals surface area contributed by atoms with Crippen LogP contribution in [0.4, 0.5) is 11.4 Å². The van der Waals surface area contributed by atoms with Gasteiger partial charge in [0.15, 0.2) is 0 Å². The highest BCUT2D eigenvalue weighted by atomic mass is 35.5. The van der Waals surface area contributed by atoms with Crippen molar-refractivity contribution in [2.75, 3.05) is 17.7 Å². The minimum absolute atomic E-state index is 0.133. The van der Waals surface area contributed by atoms with Crippen molar-refractivity contribution in [3.05, 3.63) is 53.1 Å². The summed E-state index contributed by atoms with van der Waals surface area (Å²) >= 11 is 6.02. The van der Waals surface area contributed by atoms with Crippen LogP contribution in [0.3, 0.4) is 0 Å². The van der Waals surface area contributed by atoms with Crippen molar-refractivity contribution in [3.8, 4) is 5.75 Å². The number of nitrogens with one attached hydrogen (secondary N) is 1. The van der Waals surface area contributed by atoms with E-state index in [-0.39, 0.29) is 12.3 Å². The van der Waals surface area contributed by atoms with Gasteiger partial charge in [-0.05, 0) is 42.8 Å². The number of rotatable bonds is 5. The predicted molar refractivity (Wildman–Crippen MR) is 85.8 cm³/mol. The molecule has 0 bridgehead atoms. The standard InChI is InChI=1S/C16H17ClN2O2/c1-2-21-13-6-3-11(4-7-13)9-16(20)19-15-8-5-12(18)10-14(15)17/h3-8,10H,2,9,18H2,1H3,(H,19,20). The van der Waals surface area contributed by atoms with Gasteiger partial charge in [0.05, 0.1) is 23.7 Å². The summed E-state index contributed by atoms with van der Waals surface area (Å²) in [7, 11) is 0. The zero-order chi connectivity index (χ0) is 15.2. The first-order valence-electron chi connectivity index (χ1n) is 6.65. The normalized spacial score (nSPS) is 10.2. The molecule has 2 rings (SSSR count). The Morgan fingerprint density at radius 2 is 1.95 bits per heavy atom. The summed E-state index contributed by atoms with van der Waals surface area (Å²) in [6.45, 7) is 2.55. The number of carbonyl (C=O) groups is 1. The van der Waals surface area contributed by atoms with Gasteiger partial charge in [-0.15, -0.1) is 0 Å². The first kappa shape index (κ1) is 15.2. The molecule has 0 atom stereocenters. The summed E-state index contributed by atoms with van der Waals surface area (Å²) in [6, 6.07) is 12.4. The average molecular weight is 305 g/mol. The van der Waals surface area contributed by atoms with E-state index >= 15 is 0 Å². The molecule has 21 heavy (non-hydrogen) atoms. The summed E-state index contributed by atoms with van der Waals surface area (Å²) in [5, 5.41) is 3.19. The van der Waals surface area contributed by atoms with E-state index < -0.39 is 0 Å². The van der Waals surface area contributed by atoms with Crippen molar-refractivity contribution < 1.29 is 9.53 Å². The van der Waals surface area contributed by atoms with E-state index in [4.69, 9.17) is 22.1 Å². The SMILES string of the molecule is CCOc1ccc(CC(=O)Nc2ccc(N)cc2Cl)cc1.